The van der Waals surface area contributed by atoms with Gasteiger partial charge >= 0.3 is 12.4 Å². The molecule has 182 valence electrons. The lowest BCUT2D eigenvalue weighted by molar-refractivity contribution is -0.137. The summed E-state index contributed by atoms with van der Waals surface area (Å²) < 4.78 is 107. The highest BCUT2D eigenvalue weighted by Crippen LogP contribution is 2.41. The second-order valence-corrected chi connectivity index (χ2v) is 9.70. The van der Waals surface area contributed by atoms with E-state index in [9.17, 15) is 34.8 Å². The van der Waals surface area contributed by atoms with Crippen LogP contribution in [0.5, 0.6) is 0 Å². The Labute approximate surface area is 196 Å². The van der Waals surface area contributed by atoms with Crippen LogP contribution >= 0.6 is 0 Å². The maximum atomic E-state index is 13.8. The lowest BCUT2D eigenvalue weighted by Crippen LogP contribution is -2.09. The fraction of sp³-hybridized carbons (Fsp3) is 0.125. The summed E-state index contributed by atoms with van der Waals surface area (Å²) in [7, 11) is -3.55. The van der Waals surface area contributed by atoms with Crippen molar-refractivity contribution in [2.75, 3.05) is 6.26 Å². The minimum Gasteiger partial charge on any atom is -0.232 e. The van der Waals surface area contributed by atoms with Gasteiger partial charge in [-0.05, 0) is 42.5 Å². The second-order valence-electron chi connectivity index (χ2n) is 7.68. The molecule has 0 spiro atoms. The van der Waals surface area contributed by atoms with Crippen LogP contribution in [0.1, 0.15) is 11.1 Å². The summed E-state index contributed by atoms with van der Waals surface area (Å²) in [6, 6.07) is 15.5. The number of hydrogen-bond acceptors (Lipinski definition) is 3. The van der Waals surface area contributed by atoms with Gasteiger partial charge in [-0.3, -0.25) is 0 Å². The van der Waals surface area contributed by atoms with Crippen LogP contribution in [0.3, 0.4) is 0 Å². The first-order valence-electron chi connectivity index (χ1n) is 10.0. The first-order chi connectivity index (χ1) is 16.3. The summed E-state index contributed by atoms with van der Waals surface area (Å²) in [5.41, 5.74) is -2.74. The molecule has 35 heavy (non-hydrogen) atoms. The SMILES string of the molecule is CS(=O)(=O)c1ccc(-n2nc(-c3ccccc3C(F)(F)F)cc2-c2ccccc2C(F)(F)F)cc1. The van der Waals surface area contributed by atoms with Gasteiger partial charge in [-0.1, -0.05) is 36.4 Å². The normalized spacial score (nSPS) is 12.7. The van der Waals surface area contributed by atoms with E-state index in [-0.39, 0.29) is 33.1 Å². The van der Waals surface area contributed by atoms with Crippen LogP contribution in [0.25, 0.3) is 28.2 Å². The van der Waals surface area contributed by atoms with Crippen LogP contribution in [0.4, 0.5) is 26.3 Å². The van der Waals surface area contributed by atoms with Crippen LogP contribution in [-0.2, 0) is 22.2 Å². The van der Waals surface area contributed by atoms with E-state index in [0.29, 0.717) is 0 Å². The van der Waals surface area contributed by atoms with Crippen LogP contribution in [0.15, 0.2) is 83.8 Å². The van der Waals surface area contributed by atoms with Crippen LogP contribution in [-0.4, -0.2) is 24.5 Å². The number of sulfone groups is 1. The van der Waals surface area contributed by atoms with E-state index in [1.54, 1.807) is 0 Å². The summed E-state index contributed by atoms with van der Waals surface area (Å²) in [6.45, 7) is 0. The number of alkyl halides is 6. The van der Waals surface area contributed by atoms with E-state index in [1.165, 1.54) is 60.7 Å². The average Bonchev–Trinajstić information content (AvgIpc) is 3.23. The van der Waals surface area contributed by atoms with E-state index < -0.39 is 33.3 Å². The Balaban J connectivity index is 2.00. The van der Waals surface area contributed by atoms with E-state index in [2.05, 4.69) is 5.10 Å². The standard InChI is InChI=1S/C24H16F6N2O2S/c1-35(33,34)16-12-10-15(11-13-16)32-22(18-7-3-5-9-20(18)24(28,29)30)14-21(31-32)17-6-2-4-8-19(17)23(25,26)27/h2-14H,1H3. The molecular weight excluding hydrogens is 494 g/mol. The highest BCUT2D eigenvalue weighted by molar-refractivity contribution is 7.90. The number of benzene rings is 3. The van der Waals surface area contributed by atoms with Crippen molar-refractivity contribution in [3.8, 4) is 28.2 Å². The molecular formula is C24H16F6N2O2S. The third kappa shape index (κ3) is 4.95. The average molecular weight is 510 g/mol. The Hall–Kier alpha value is -3.60. The molecule has 0 radical (unpaired) electrons. The van der Waals surface area contributed by atoms with Gasteiger partial charge in [0.05, 0.1) is 33.1 Å². The van der Waals surface area contributed by atoms with E-state index in [4.69, 9.17) is 0 Å². The zero-order valence-electron chi connectivity index (χ0n) is 17.9. The lowest BCUT2D eigenvalue weighted by atomic mass is 10.0. The largest absolute Gasteiger partial charge is 0.417 e. The molecule has 0 saturated heterocycles. The molecule has 3 aromatic carbocycles. The Morgan fingerprint density at radius 2 is 1.20 bits per heavy atom. The number of aromatic nitrogens is 2. The number of nitrogens with zero attached hydrogens (tertiary/aromatic N) is 2. The van der Waals surface area contributed by atoms with Gasteiger partial charge in [0.2, 0.25) is 0 Å². The molecule has 0 aliphatic heterocycles. The van der Waals surface area contributed by atoms with Gasteiger partial charge in [-0.2, -0.15) is 31.4 Å². The summed E-state index contributed by atoms with van der Waals surface area (Å²) in [5.74, 6) is 0. The second kappa shape index (κ2) is 8.56. The summed E-state index contributed by atoms with van der Waals surface area (Å²) in [5, 5.41) is 4.22. The molecule has 4 aromatic rings. The first kappa shape index (κ1) is 24.5. The molecule has 1 heterocycles. The molecule has 0 fully saturated rings. The minimum absolute atomic E-state index is 0.0340. The quantitative estimate of drug-likeness (QED) is 0.289. The van der Waals surface area contributed by atoms with Gasteiger partial charge in [-0.25, -0.2) is 13.1 Å². The topological polar surface area (TPSA) is 52.0 Å². The predicted molar refractivity (Wildman–Crippen MR) is 118 cm³/mol. The van der Waals surface area contributed by atoms with Crippen LogP contribution in [0, 0.1) is 0 Å². The zero-order chi connectivity index (χ0) is 25.6. The van der Waals surface area contributed by atoms with Crippen molar-refractivity contribution in [3.05, 3.63) is 90.0 Å². The molecule has 11 heteroatoms. The van der Waals surface area contributed by atoms with Crippen LogP contribution in [0.2, 0.25) is 0 Å². The maximum Gasteiger partial charge on any atom is 0.417 e. The fourth-order valence-corrected chi connectivity index (χ4v) is 4.27. The van der Waals surface area contributed by atoms with Crippen molar-refractivity contribution >= 4 is 9.84 Å². The molecule has 4 rings (SSSR count). The number of halogens is 6. The van der Waals surface area contributed by atoms with Crippen molar-refractivity contribution in [2.24, 2.45) is 0 Å². The van der Waals surface area contributed by atoms with Crippen molar-refractivity contribution in [3.63, 3.8) is 0 Å². The van der Waals surface area contributed by atoms with Crippen molar-refractivity contribution in [1.29, 1.82) is 0 Å². The third-order valence-corrected chi connectivity index (χ3v) is 6.36. The molecule has 0 bridgehead atoms. The molecule has 0 aliphatic carbocycles. The molecule has 0 N–H and O–H groups in total. The van der Waals surface area contributed by atoms with Gasteiger partial charge in [-0.15, -0.1) is 0 Å². The predicted octanol–water partition coefficient (Wildman–Crippen LogP) is 6.65. The highest BCUT2D eigenvalue weighted by Gasteiger charge is 2.36. The number of hydrogen-bond donors (Lipinski definition) is 0. The van der Waals surface area contributed by atoms with E-state index in [0.717, 1.165) is 29.1 Å². The molecule has 0 atom stereocenters. The number of rotatable bonds is 4. The summed E-state index contributed by atoms with van der Waals surface area (Å²) in [6.07, 6.45) is -8.47. The van der Waals surface area contributed by atoms with Gasteiger partial charge in [0, 0.05) is 17.4 Å². The Morgan fingerprint density at radius 1 is 0.714 bits per heavy atom. The van der Waals surface area contributed by atoms with Gasteiger partial charge < -0.3 is 0 Å². The van der Waals surface area contributed by atoms with Gasteiger partial charge in [0.15, 0.2) is 9.84 Å². The fourth-order valence-electron chi connectivity index (χ4n) is 3.64. The van der Waals surface area contributed by atoms with Gasteiger partial charge in [0.1, 0.15) is 0 Å². The smallest absolute Gasteiger partial charge is 0.232 e. The lowest BCUT2D eigenvalue weighted by Gasteiger charge is -2.14. The first-order valence-corrected chi connectivity index (χ1v) is 11.9. The molecule has 0 saturated carbocycles. The van der Waals surface area contributed by atoms with Crippen molar-refractivity contribution in [1.82, 2.24) is 9.78 Å². The van der Waals surface area contributed by atoms with Crippen molar-refractivity contribution in [2.45, 2.75) is 17.2 Å². The monoisotopic (exact) mass is 510 g/mol. The van der Waals surface area contributed by atoms with E-state index >= 15 is 0 Å². The third-order valence-electron chi connectivity index (χ3n) is 5.24. The summed E-state index contributed by atoms with van der Waals surface area (Å²) >= 11 is 0. The Bertz CT molecular complexity index is 1490. The molecule has 0 unspecified atom stereocenters. The zero-order valence-corrected chi connectivity index (χ0v) is 18.7. The molecule has 4 nitrogen and oxygen atoms in total. The van der Waals surface area contributed by atoms with Gasteiger partial charge in [0.25, 0.3) is 0 Å². The highest BCUT2D eigenvalue weighted by atomic mass is 32.2. The summed E-state index contributed by atoms with van der Waals surface area (Å²) in [4.78, 5) is -0.0340. The maximum absolute atomic E-state index is 13.8. The molecule has 0 amide bonds. The molecule has 1 aromatic heterocycles. The Kier molecular flexibility index (Phi) is 6.00. The van der Waals surface area contributed by atoms with Crippen molar-refractivity contribution < 1.29 is 34.8 Å². The van der Waals surface area contributed by atoms with E-state index in [1.807, 2.05) is 0 Å². The van der Waals surface area contributed by atoms with Crippen LogP contribution < -0.4 is 0 Å². The minimum atomic E-state index is -4.74. The molecule has 0 aliphatic rings. The Morgan fingerprint density at radius 3 is 1.71 bits per heavy atom.